The van der Waals surface area contributed by atoms with Gasteiger partial charge in [0, 0.05) is 66.5 Å². The number of amides is 2. The van der Waals surface area contributed by atoms with Crippen molar-refractivity contribution >= 4 is 34.6 Å². The zero-order valence-electron chi connectivity index (χ0n) is 18.4. The number of nitrogens with zero attached hydrogens (tertiary/aromatic N) is 4. The molecule has 0 bridgehead atoms. The monoisotopic (exact) mass is 463 g/mol. The van der Waals surface area contributed by atoms with Gasteiger partial charge in [0.2, 0.25) is 5.91 Å². The number of ether oxygens (including phenoxy) is 1. The first-order chi connectivity index (χ1) is 16.1. The number of fused-ring (bicyclic) bond motifs is 1. The van der Waals surface area contributed by atoms with Gasteiger partial charge in [-0.15, -0.1) is 11.3 Å². The van der Waals surface area contributed by atoms with Crippen molar-refractivity contribution in [1.82, 2.24) is 14.9 Å². The average Bonchev–Trinajstić information content (AvgIpc) is 3.18. The number of pyridine rings is 2. The molecule has 3 aromatic rings. The van der Waals surface area contributed by atoms with E-state index in [9.17, 15) is 9.59 Å². The van der Waals surface area contributed by atoms with E-state index < -0.39 is 0 Å². The topological polar surface area (TPSA) is 96.8 Å². The number of aryl methyl sites for hydroxylation is 1. The Kier molecular flexibility index (Phi) is 7.41. The number of thiophene rings is 1. The maximum Gasteiger partial charge on any atom is 0.410 e. The Morgan fingerprint density at radius 3 is 2.94 bits per heavy atom. The number of rotatable bonds is 7. The molecule has 33 heavy (non-hydrogen) atoms. The molecule has 3 aromatic heterocycles. The van der Waals surface area contributed by atoms with Gasteiger partial charge >= 0.3 is 6.09 Å². The summed E-state index contributed by atoms with van der Waals surface area (Å²) in [6, 6.07) is 9.36. The van der Waals surface area contributed by atoms with Crippen molar-refractivity contribution in [3.05, 3.63) is 76.2 Å². The fourth-order valence-electron chi connectivity index (χ4n) is 3.64. The lowest BCUT2D eigenvalue weighted by atomic mass is 10.0. The van der Waals surface area contributed by atoms with Gasteiger partial charge in [-0.3, -0.25) is 19.8 Å². The van der Waals surface area contributed by atoms with Crippen LogP contribution in [0.5, 0.6) is 0 Å². The molecule has 0 saturated carbocycles. The fraction of sp³-hybridized carbons (Fsp3) is 0.292. The number of anilines is 1. The minimum atomic E-state index is -0.357. The largest absolute Gasteiger partial charge is 0.444 e. The van der Waals surface area contributed by atoms with E-state index in [1.165, 1.54) is 11.3 Å². The molecule has 9 heteroatoms. The molecule has 1 aliphatic rings. The van der Waals surface area contributed by atoms with E-state index in [0.717, 1.165) is 32.3 Å². The second-order valence-electron chi connectivity index (χ2n) is 7.59. The SMILES string of the molecule is CN=Cc1c(NC(=O)CCc2ccccn2)sc2c1CCN(C(=O)OCc1cccnc1)C2. The van der Waals surface area contributed by atoms with Crippen molar-refractivity contribution in [2.45, 2.75) is 32.4 Å². The maximum absolute atomic E-state index is 12.6. The number of aromatic nitrogens is 2. The molecule has 0 aromatic carbocycles. The summed E-state index contributed by atoms with van der Waals surface area (Å²) < 4.78 is 5.46. The normalized spacial score (nSPS) is 13.1. The van der Waals surface area contributed by atoms with E-state index in [1.54, 1.807) is 36.8 Å². The Morgan fingerprint density at radius 1 is 1.27 bits per heavy atom. The standard InChI is InChI=1S/C24H25N5O3S/c1-25-14-20-19-9-12-29(24(31)32-16-17-5-4-10-26-13-17)15-21(19)33-23(20)28-22(30)8-7-18-6-2-3-11-27-18/h2-6,10-11,13-14H,7-9,12,15-16H2,1H3,(H,28,30). The molecule has 1 N–H and O–H groups in total. The molecule has 1 aliphatic heterocycles. The van der Waals surface area contributed by atoms with Gasteiger partial charge in [-0.05, 0) is 36.6 Å². The van der Waals surface area contributed by atoms with Gasteiger partial charge in [0.15, 0.2) is 0 Å². The molecule has 4 heterocycles. The minimum absolute atomic E-state index is 0.0715. The van der Waals surface area contributed by atoms with Gasteiger partial charge in [0.05, 0.1) is 6.54 Å². The van der Waals surface area contributed by atoms with Crippen LogP contribution in [0, 0.1) is 0 Å². The maximum atomic E-state index is 12.6. The Morgan fingerprint density at radius 2 is 2.18 bits per heavy atom. The van der Waals surface area contributed by atoms with Crippen molar-refractivity contribution in [2.24, 2.45) is 4.99 Å². The van der Waals surface area contributed by atoms with E-state index in [1.807, 2.05) is 30.3 Å². The van der Waals surface area contributed by atoms with Crippen LogP contribution in [-0.2, 0) is 35.5 Å². The van der Waals surface area contributed by atoms with Gasteiger partial charge in [-0.25, -0.2) is 4.79 Å². The third-order valence-corrected chi connectivity index (χ3v) is 6.43. The number of aliphatic imine (C=N–C) groups is 1. The van der Waals surface area contributed by atoms with Gasteiger partial charge in [-0.1, -0.05) is 12.1 Å². The average molecular weight is 464 g/mol. The van der Waals surface area contributed by atoms with Crippen LogP contribution in [0.1, 0.15) is 33.7 Å². The minimum Gasteiger partial charge on any atom is -0.444 e. The van der Waals surface area contributed by atoms with E-state index >= 15 is 0 Å². The predicted molar refractivity (Wildman–Crippen MR) is 128 cm³/mol. The van der Waals surface area contributed by atoms with Crippen molar-refractivity contribution in [3.8, 4) is 0 Å². The quantitative estimate of drug-likeness (QED) is 0.537. The summed E-state index contributed by atoms with van der Waals surface area (Å²) in [4.78, 5) is 40.4. The lowest BCUT2D eigenvalue weighted by Crippen LogP contribution is -2.35. The lowest BCUT2D eigenvalue weighted by Gasteiger charge is -2.26. The first-order valence-electron chi connectivity index (χ1n) is 10.7. The summed E-state index contributed by atoms with van der Waals surface area (Å²) in [7, 11) is 1.71. The van der Waals surface area contributed by atoms with Crippen molar-refractivity contribution in [3.63, 3.8) is 0 Å². The van der Waals surface area contributed by atoms with E-state index in [0.29, 0.717) is 32.4 Å². The number of nitrogens with one attached hydrogen (secondary N) is 1. The number of hydrogen-bond acceptors (Lipinski definition) is 7. The van der Waals surface area contributed by atoms with Crippen LogP contribution in [-0.4, -0.2) is 46.7 Å². The number of hydrogen-bond donors (Lipinski definition) is 1. The molecule has 0 aliphatic carbocycles. The van der Waals surface area contributed by atoms with Crippen LogP contribution in [0.4, 0.5) is 9.80 Å². The Bertz CT molecular complexity index is 1130. The highest BCUT2D eigenvalue weighted by molar-refractivity contribution is 7.16. The van der Waals surface area contributed by atoms with Crippen LogP contribution in [0.15, 0.2) is 53.9 Å². The Labute approximate surface area is 196 Å². The molecule has 170 valence electrons. The Balaban J connectivity index is 1.40. The summed E-state index contributed by atoms with van der Waals surface area (Å²) in [5.41, 5.74) is 3.78. The second kappa shape index (κ2) is 10.8. The van der Waals surface area contributed by atoms with Crippen LogP contribution in [0.3, 0.4) is 0 Å². The van der Waals surface area contributed by atoms with Crippen molar-refractivity contribution in [1.29, 1.82) is 0 Å². The second-order valence-corrected chi connectivity index (χ2v) is 8.70. The highest BCUT2D eigenvalue weighted by Gasteiger charge is 2.27. The van der Waals surface area contributed by atoms with Crippen molar-refractivity contribution in [2.75, 3.05) is 18.9 Å². The first-order valence-corrected chi connectivity index (χ1v) is 11.5. The molecule has 0 saturated heterocycles. The van der Waals surface area contributed by atoms with Gasteiger partial charge in [0.1, 0.15) is 11.6 Å². The predicted octanol–water partition coefficient (Wildman–Crippen LogP) is 3.85. The molecule has 0 radical (unpaired) electrons. The lowest BCUT2D eigenvalue weighted by molar-refractivity contribution is -0.116. The zero-order chi connectivity index (χ0) is 23.0. The number of carbonyl (C=O) groups excluding carboxylic acids is 2. The molecule has 4 rings (SSSR count). The molecular weight excluding hydrogens is 438 g/mol. The van der Waals surface area contributed by atoms with Crippen LogP contribution < -0.4 is 5.32 Å². The Hall–Kier alpha value is -3.59. The molecular formula is C24H25N5O3S. The summed E-state index contributed by atoms with van der Waals surface area (Å²) in [5, 5.41) is 3.80. The van der Waals surface area contributed by atoms with Crippen LogP contribution in [0.25, 0.3) is 0 Å². The zero-order valence-corrected chi connectivity index (χ0v) is 19.2. The molecule has 0 spiro atoms. The summed E-state index contributed by atoms with van der Waals surface area (Å²) in [6.07, 6.45) is 8.11. The smallest absolute Gasteiger partial charge is 0.410 e. The number of carbonyl (C=O) groups is 2. The molecule has 0 unspecified atom stereocenters. The molecule has 8 nitrogen and oxygen atoms in total. The third-order valence-electron chi connectivity index (χ3n) is 5.29. The van der Waals surface area contributed by atoms with Gasteiger partial charge in [-0.2, -0.15) is 0 Å². The fourth-order valence-corrected chi connectivity index (χ4v) is 4.89. The van der Waals surface area contributed by atoms with Crippen LogP contribution in [0.2, 0.25) is 0 Å². The first kappa shape index (κ1) is 22.6. The van der Waals surface area contributed by atoms with Crippen molar-refractivity contribution < 1.29 is 14.3 Å². The highest BCUT2D eigenvalue weighted by Crippen LogP contribution is 2.36. The van der Waals surface area contributed by atoms with Crippen LogP contribution >= 0.6 is 11.3 Å². The third kappa shape index (κ3) is 5.81. The summed E-state index contributed by atoms with van der Waals surface area (Å²) in [6.45, 7) is 1.18. The van der Waals surface area contributed by atoms with E-state index in [4.69, 9.17) is 4.74 Å². The van der Waals surface area contributed by atoms with Gasteiger partial charge in [0.25, 0.3) is 0 Å². The molecule has 0 atom stereocenters. The molecule has 2 amide bonds. The van der Waals surface area contributed by atoms with E-state index in [-0.39, 0.29) is 18.6 Å². The molecule has 0 fully saturated rings. The highest BCUT2D eigenvalue weighted by atomic mass is 32.1. The van der Waals surface area contributed by atoms with Gasteiger partial charge < -0.3 is 15.0 Å². The van der Waals surface area contributed by atoms with E-state index in [2.05, 4.69) is 20.3 Å². The summed E-state index contributed by atoms with van der Waals surface area (Å²) in [5.74, 6) is -0.0715. The summed E-state index contributed by atoms with van der Waals surface area (Å²) >= 11 is 1.49.